The quantitative estimate of drug-likeness (QED) is 0.848. The molecule has 0 amide bonds. The van der Waals surface area contributed by atoms with Crippen LogP contribution in [0.3, 0.4) is 0 Å². The van der Waals surface area contributed by atoms with Crippen molar-refractivity contribution < 1.29 is 0 Å². The van der Waals surface area contributed by atoms with Gasteiger partial charge < -0.3 is 5.73 Å². The zero-order valence-corrected chi connectivity index (χ0v) is 9.07. The molecule has 1 aromatic heterocycles. The molecule has 0 aliphatic heterocycles. The summed E-state index contributed by atoms with van der Waals surface area (Å²) in [5, 5.41) is 8.63. The predicted octanol–water partition coefficient (Wildman–Crippen LogP) is 2.20. The zero-order chi connectivity index (χ0) is 10.8. The number of aromatic nitrogens is 3. The Morgan fingerprint density at radius 3 is 2.87 bits per heavy atom. The van der Waals surface area contributed by atoms with E-state index < -0.39 is 0 Å². The van der Waals surface area contributed by atoms with Gasteiger partial charge in [-0.1, -0.05) is 28.9 Å². The third-order valence-electron chi connectivity index (χ3n) is 2.17. The summed E-state index contributed by atoms with van der Waals surface area (Å²) in [4.78, 5) is 0. The molecule has 78 valence electrons. The largest absolute Gasteiger partial charge is 0.382 e. The van der Waals surface area contributed by atoms with Crippen LogP contribution in [-0.4, -0.2) is 15.0 Å². The Balaban J connectivity index is 2.49. The van der Waals surface area contributed by atoms with E-state index in [0.717, 1.165) is 5.56 Å². The molecular weight excluding hydrogens is 212 g/mol. The number of hydrogen-bond acceptors (Lipinski definition) is 3. The lowest BCUT2D eigenvalue weighted by molar-refractivity contribution is 0.635. The van der Waals surface area contributed by atoms with E-state index in [-0.39, 0.29) is 0 Å². The highest BCUT2D eigenvalue weighted by Crippen LogP contribution is 2.25. The fourth-order valence-corrected chi connectivity index (χ4v) is 1.59. The number of benzene rings is 1. The van der Waals surface area contributed by atoms with Crippen molar-refractivity contribution in [3.8, 4) is 11.3 Å². The zero-order valence-electron chi connectivity index (χ0n) is 8.31. The van der Waals surface area contributed by atoms with E-state index in [9.17, 15) is 0 Å². The van der Waals surface area contributed by atoms with Gasteiger partial charge in [0.05, 0.1) is 0 Å². The van der Waals surface area contributed by atoms with Crippen LogP contribution in [0.2, 0.25) is 5.02 Å². The average Bonchev–Trinajstić information content (AvgIpc) is 2.59. The van der Waals surface area contributed by atoms with E-state index in [1.807, 2.05) is 31.2 Å². The van der Waals surface area contributed by atoms with Gasteiger partial charge in [-0.15, -0.1) is 5.10 Å². The molecule has 4 nitrogen and oxygen atoms in total. The molecule has 0 unspecified atom stereocenters. The Morgan fingerprint density at radius 2 is 2.27 bits per heavy atom. The number of hydrogen-bond donors (Lipinski definition) is 1. The van der Waals surface area contributed by atoms with Crippen molar-refractivity contribution in [2.24, 2.45) is 0 Å². The summed E-state index contributed by atoms with van der Waals surface area (Å²) >= 11 is 5.89. The van der Waals surface area contributed by atoms with Crippen LogP contribution in [0.5, 0.6) is 0 Å². The minimum Gasteiger partial charge on any atom is -0.382 e. The van der Waals surface area contributed by atoms with Crippen LogP contribution in [-0.2, 0) is 6.54 Å². The van der Waals surface area contributed by atoms with Crippen LogP contribution in [0.1, 0.15) is 6.92 Å². The topological polar surface area (TPSA) is 56.7 Å². The molecule has 1 heterocycles. The highest BCUT2D eigenvalue weighted by atomic mass is 35.5. The highest BCUT2D eigenvalue weighted by Gasteiger charge is 2.10. The van der Waals surface area contributed by atoms with Crippen LogP contribution < -0.4 is 5.73 Å². The van der Waals surface area contributed by atoms with Crippen LogP contribution in [0.25, 0.3) is 11.3 Å². The van der Waals surface area contributed by atoms with E-state index in [2.05, 4.69) is 10.3 Å². The molecule has 0 aliphatic carbocycles. The first-order valence-corrected chi connectivity index (χ1v) is 5.05. The van der Waals surface area contributed by atoms with Crippen molar-refractivity contribution in [3.05, 3.63) is 29.3 Å². The Bertz CT molecular complexity index is 478. The first kappa shape index (κ1) is 9.98. The molecule has 2 N–H and O–H groups in total. The van der Waals surface area contributed by atoms with Gasteiger partial charge in [-0.25, -0.2) is 4.68 Å². The summed E-state index contributed by atoms with van der Waals surface area (Å²) in [6.45, 7) is 2.67. The first-order valence-electron chi connectivity index (χ1n) is 4.67. The van der Waals surface area contributed by atoms with Gasteiger partial charge in [0.1, 0.15) is 11.5 Å². The summed E-state index contributed by atoms with van der Waals surface area (Å²) in [5.74, 6) is 0.569. The normalized spacial score (nSPS) is 10.5. The van der Waals surface area contributed by atoms with E-state index in [1.54, 1.807) is 4.68 Å². The number of nitrogen functional groups attached to an aromatic ring is 1. The lowest BCUT2D eigenvalue weighted by Crippen LogP contribution is -2.02. The van der Waals surface area contributed by atoms with Crippen LogP contribution in [0.15, 0.2) is 24.3 Å². The van der Waals surface area contributed by atoms with Crippen LogP contribution in [0.4, 0.5) is 5.82 Å². The Kier molecular flexibility index (Phi) is 2.60. The fraction of sp³-hybridized carbons (Fsp3) is 0.200. The predicted molar refractivity (Wildman–Crippen MR) is 60.6 cm³/mol. The molecule has 2 rings (SSSR count). The number of anilines is 1. The highest BCUT2D eigenvalue weighted by molar-refractivity contribution is 6.30. The molecule has 0 saturated carbocycles. The van der Waals surface area contributed by atoms with Crippen molar-refractivity contribution in [1.82, 2.24) is 15.0 Å². The molecular formula is C10H11ClN4. The first-order chi connectivity index (χ1) is 7.22. The SMILES string of the molecule is CCn1nnc(-c2cccc(Cl)c2)c1N. The molecule has 0 saturated heterocycles. The molecule has 15 heavy (non-hydrogen) atoms. The molecule has 0 fully saturated rings. The van der Waals surface area contributed by atoms with Crippen molar-refractivity contribution in [3.63, 3.8) is 0 Å². The van der Waals surface area contributed by atoms with Crippen molar-refractivity contribution in [1.29, 1.82) is 0 Å². The molecule has 0 aliphatic rings. The van der Waals surface area contributed by atoms with Gasteiger partial charge in [0.25, 0.3) is 0 Å². The summed E-state index contributed by atoms with van der Waals surface area (Å²) in [6, 6.07) is 7.40. The average molecular weight is 223 g/mol. The maximum atomic E-state index is 5.89. The summed E-state index contributed by atoms with van der Waals surface area (Å²) in [6.07, 6.45) is 0. The third-order valence-corrected chi connectivity index (χ3v) is 2.41. The Morgan fingerprint density at radius 1 is 1.47 bits per heavy atom. The summed E-state index contributed by atoms with van der Waals surface area (Å²) in [5.41, 5.74) is 7.46. The van der Waals surface area contributed by atoms with Gasteiger partial charge in [-0.2, -0.15) is 0 Å². The smallest absolute Gasteiger partial charge is 0.150 e. The molecule has 0 atom stereocenters. The van der Waals surface area contributed by atoms with Crippen molar-refractivity contribution in [2.45, 2.75) is 13.5 Å². The number of aryl methyl sites for hydroxylation is 1. The monoisotopic (exact) mass is 222 g/mol. The second-order valence-corrected chi connectivity index (χ2v) is 3.59. The van der Waals surface area contributed by atoms with Gasteiger partial charge >= 0.3 is 0 Å². The van der Waals surface area contributed by atoms with E-state index >= 15 is 0 Å². The number of nitrogens with zero attached hydrogens (tertiary/aromatic N) is 3. The van der Waals surface area contributed by atoms with Crippen LogP contribution in [0, 0.1) is 0 Å². The number of rotatable bonds is 2. The van der Waals surface area contributed by atoms with Gasteiger partial charge in [0.15, 0.2) is 0 Å². The number of nitrogens with two attached hydrogens (primary N) is 1. The van der Waals surface area contributed by atoms with Crippen LogP contribution >= 0.6 is 11.6 Å². The lowest BCUT2D eigenvalue weighted by Gasteiger charge is -2.00. The number of halogens is 1. The molecule has 0 spiro atoms. The maximum absolute atomic E-state index is 5.89. The molecule has 0 bridgehead atoms. The van der Waals surface area contributed by atoms with Crippen molar-refractivity contribution in [2.75, 3.05) is 5.73 Å². The minimum absolute atomic E-state index is 0.569. The van der Waals surface area contributed by atoms with Gasteiger partial charge in [-0.3, -0.25) is 0 Å². The van der Waals surface area contributed by atoms with Gasteiger partial charge in [-0.05, 0) is 19.1 Å². The van der Waals surface area contributed by atoms with E-state index in [1.165, 1.54) is 0 Å². The fourth-order valence-electron chi connectivity index (χ4n) is 1.40. The second kappa shape index (κ2) is 3.90. The Hall–Kier alpha value is -1.55. The molecule has 1 aromatic carbocycles. The van der Waals surface area contributed by atoms with Gasteiger partial charge in [0, 0.05) is 17.1 Å². The molecule has 5 heteroatoms. The molecule has 0 radical (unpaired) electrons. The maximum Gasteiger partial charge on any atom is 0.150 e. The lowest BCUT2D eigenvalue weighted by atomic mass is 10.1. The Labute approximate surface area is 92.7 Å². The van der Waals surface area contributed by atoms with Gasteiger partial charge in [0.2, 0.25) is 0 Å². The summed E-state index contributed by atoms with van der Waals surface area (Å²) < 4.78 is 1.65. The van der Waals surface area contributed by atoms with Crippen molar-refractivity contribution >= 4 is 17.4 Å². The summed E-state index contributed by atoms with van der Waals surface area (Å²) in [7, 11) is 0. The molecule has 2 aromatic rings. The third kappa shape index (κ3) is 1.80. The van der Waals surface area contributed by atoms with E-state index in [0.29, 0.717) is 23.1 Å². The van der Waals surface area contributed by atoms with E-state index in [4.69, 9.17) is 17.3 Å². The second-order valence-electron chi connectivity index (χ2n) is 3.15. The minimum atomic E-state index is 0.569. The standard InChI is InChI=1S/C10H11ClN4/c1-2-15-10(12)9(13-14-15)7-4-3-5-8(11)6-7/h3-6H,2,12H2,1H3.